The fourth-order valence-electron chi connectivity index (χ4n) is 3.45. The minimum Gasteiger partial charge on any atom is -0.478 e. The number of carboxylic acids is 1. The molecule has 2 N–H and O–H groups in total. The highest BCUT2D eigenvalue weighted by Gasteiger charge is 2.26. The van der Waals surface area contributed by atoms with Gasteiger partial charge < -0.3 is 15.0 Å². The Hall–Kier alpha value is -2.79. The second-order valence-corrected chi connectivity index (χ2v) is 8.78. The van der Waals surface area contributed by atoms with Crippen LogP contribution in [0.15, 0.2) is 48.5 Å². The number of hydrogen-bond acceptors (Lipinski definition) is 2. The number of benzene rings is 2. The summed E-state index contributed by atoms with van der Waals surface area (Å²) in [5, 5.41) is 13.4. The van der Waals surface area contributed by atoms with E-state index in [1.165, 1.54) is 12.1 Å². The summed E-state index contributed by atoms with van der Waals surface area (Å²) in [7, 11) is 0. The standard InChI is InChI=1S/C24H27ClN2O3/c1-5-24(3,4)14-27-19-9-7-6-8-18(19)20(25)21(27)22(28)26-15(2)16-10-12-17(13-11-16)23(29)30/h6-13,15H,5,14H2,1-4H3,(H,26,28)(H,29,30). The van der Waals surface area contributed by atoms with Crippen LogP contribution in [0.5, 0.6) is 0 Å². The number of halogens is 1. The first-order chi connectivity index (χ1) is 14.1. The average Bonchev–Trinajstić information content (AvgIpc) is 2.99. The van der Waals surface area contributed by atoms with Gasteiger partial charge in [0.2, 0.25) is 0 Å². The normalized spacial score (nSPS) is 12.7. The fraction of sp³-hybridized carbons (Fsp3) is 0.333. The maximum Gasteiger partial charge on any atom is 0.335 e. The number of carboxylic acid groups (broad SMARTS) is 1. The Balaban J connectivity index is 1.95. The molecule has 3 aromatic rings. The van der Waals surface area contributed by atoms with Crippen LogP contribution >= 0.6 is 11.6 Å². The summed E-state index contributed by atoms with van der Waals surface area (Å²) in [6.45, 7) is 9.01. The minimum atomic E-state index is -0.979. The number of nitrogens with one attached hydrogen (secondary N) is 1. The highest BCUT2D eigenvalue weighted by atomic mass is 35.5. The zero-order valence-corrected chi connectivity index (χ0v) is 18.5. The lowest BCUT2D eigenvalue weighted by atomic mass is 9.90. The lowest BCUT2D eigenvalue weighted by molar-refractivity contribution is 0.0696. The molecule has 0 radical (unpaired) electrons. The van der Waals surface area contributed by atoms with Crippen LogP contribution < -0.4 is 5.32 Å². The molecule has 1 atom stereocenters. The van der Waals surface area contributed by atoms with Crippen LogP contribution in [0, 0.1) is 5.41 Å². The summed E-state index contributed by atoms with van der Waals surface area (Å²) in [5.41, 5.74) is 2.42. The Morgan fingerprint density at radius 1 is 1.13 bits per heavy atom. The van der Waals surface area contributed by atoms with Gasteiger partial charge in [-0.2, -0.15) is 0 Å². The molecule has 0 aliphatic rings. The summed E-state index contributed by atoms with van der Waals surface area (Å²) in [6.07, 6.45) is 0.963. The average molecular weight is 427 g/mol. The van der Waals surface area contributed by atoms with Gasteiger partial charge in [-0.1, -0.05) is 62.7 Å². The van der Waals surface area contributed by atoms with E-state index >= 15 is 0 Å². The van der Waals surface area contributed by atoms with E-state index in [1.807, 2.05) is 35.8 Å². The summed E-state index contributed by atoms with van der Waals surface area (Å²) < 4.78 is 2.01. The molecule has 0 fully saturated rings. The topological polar surface area (TPSA) is 71.3 Å². The first-order valence-corrected chi connectivity index (χ1v) is 10.4. The molecule has 2 aromatic carbocycles. The van der Waals surface area contributed by atoms with Gasteiger partial charge in [-0.15, -0.1) is 0 Å². The number of rotatable bonds is 7. The monoisotopic (exact) mass is 426 g/mol. The van der Waals surface area contributed by atoms with E-state index in [-0.39, 0.29) is 22.9 Å². The highest BCUT2D eigenvalue weighted by Crippen LogP contribution is 2.34. The van der Waals surface area contributed by atoms with Gasteiger partial charge in [-0.25, -0.2) is 4.79 Å². The number of fused-ring (bicyclic) bond motifs is 1. The van der Waals surface area contributed by atoms with Gasteiger partial charge in [0.05, 0.1) is 22.1 Å². The van der Waals surface area contributed by atoms with Crippen LogP contribution in [0.3, 0.4) is 0 Å². The van der Waals surface area contributed by atoms with Crippen LogP contribution in [0.25, 0.3) is 10.9 Å². The number of carbonyl (C=O) groups is 2. The molecule has 1 aromatic heterocycles. The molecule has 1 unspecified atom stereocenters. The van der Waals surface area contributed by atoms with Crippen molar-refractivity contribution in [2.75, 3.05) is 0 Å². The molecule has 30 heavy (non-hydrogen) atoms. The molecule has 3 rings (SSSR count). The lowest BCUT2D eigenvalue weighted by Gasteiger charge is -2.25. The number of nitrogens with zero attached hydrogens (tertiary/aromatic N) is 1. The molecule has 0 saturated heterocycles. The van der Waals surface area contributed by atoms with Crippen molar-refractivity contribution in [3.8, 4) is 0 Å². The molecule has 0 saturated carbocycles. The number of carbonyl (C=O) groups excluding carboxylic acids is 1. The molecule has 1 heterocycles. The van der Waals surface area contributed by atoms with E-state index in [9.17, 15) is 9.59 Å². The molecule has 0 spiro atoms. The maximum absolute atomic E-state index is 13.3. The predicted molar refractivity (Wildman–Crippen MR) is 120 cm³/mol. The van der Waals surface area contributed by atoms with Gasteiger partial charge >= 0.3 is 5.97 Å². The SMILES string of the molecule is CCC(C)(C)Cn1c(C(=O)NC(C)c2ccc(C(=O)O)cc2)c(Cl)c2ccccc21. The molecule has 158 valence electrons. The van der Waals surface area contributed by atoms with Crippen molar-refractivity contribution in [2.24, 2.45) is 5.41 Å². The fourth-order valence-corrected chi connectivity index (χ4v) is 3.80. The van der Waals surface area contributed by atoms with Gasteiger partial charge in [-0.3, -0.25) is 4.79 Å². The van der Waals surface area contributed by atoms with Gasteiger partial charge in [0, 0.05) is 11.9 Å². The number of para-hydroxylation sites is 1. The quantitative estimate of drug-likeness (QED) is 0.492. The first-order valence-electron chi connectivity index (χ1n) is 10.1. The van der Waals surface area contributed by atoms with E-state index in [0.29, 0.717) is 17.3 Å². The molecule has 0 aliphatic heterocycles. The minimum absolute atomic E-state index is 0.00156. The molecule has 5 nitrogen and oxygen atoms in total. The zero-order chi connectivity index (χ0) is 22.1. The Morgan fingerprint density at radius 2 is 1.77 bits per heavy atom. The first kappa shape index (κ1) is 21.9. The van der Waals surface area contributed by atoms with E-state index in [0.717, 1.165) is 22.9 Å². The third-order valence-electron chi connectivity index (χ3n) is 5.67. The molecule has 1 amide bonds. The van der Waals surface area contributed by atoms with E-state index in [4.69, 9.17) is 16.7 Å². The molecule has 6 heteroatoms. The van der Waals surface area contributed by atoms with E-state index in [2.05, 4.69) is 26.1 Å². The molecular weight excluding hydrogens is 400 g/mol. The largest absolute Gasteiger partial charge is 0.478 e. The number of aromatic nitrogens is 1. The van der Waals surface area contributed by atoms with Crippen LogP contribution in [0.4, 0.5) is 0 Å². The molecular formula is C24H27ClN2O3. The Kier molecular flexibility index (Phi) is 6.22. The summed E-state index contributed by atoms with van der Waals surface area (Å²) in [4.78, 5) is 24.3. The second-order valence-electron chi connectivity index (χ2n) is 8.41. The van der Waals surface area contributed by atoms with Gasteiger partial charge in [0.25, 0.3) is 5.91 Å². The van der Waals surface area contributed by atoms with Gasteiger partial charge in [-0.05, 0) is 42.5 Å². The third kappa shape index (κ3) is 4.36. The van der Waals surface area contributed by atoms with Crippen molar-refractivity contribution in [3.63, 3.8) is 0 Å². The molecule has 0 aliphatic carbocycles. The van der Waals surface area contributed by atoms with Crippen LogP contribution in [-0.4, -0.2) is 21.6 Å². The van der Waals surface area contributed by atoms with Crippen molar-refractivity contribution in [1.82, 2.24) is 9.88 Å². The number of hydrogen-bond donors (Lipinski definition) is 2. The van der Waals surface area contributed by atoms with Crippen molar-refractivity contribution in [2.45, 2.75) is 46.7 Å². The van der Waals surface area contributed by atoms with Crippen molar-refractivity contribution in [1.29, 1.82) is 0 Å². The second kappa shape index (κ2) is 8.52. The van der Waals surface area contributed by atoms with Crippen molar-refractivity contribution < 1.29 is 14.7 Å². The Bertz CT molecular complexity index is 1080. The summed E-state index contributed by atoms with van der Waals surface area (Å²) >= 11 is 6.67. The Morgan fingerprint density at radius 3 is 2.37 bits per heavy atom. The Labute approximate surface area is 181 Å². The number of amides is 1. The number of aromatic carboxylic acids is 1. The smallest absolute Gasteiger partial charge is 0.335 e. The van der Waals surface area contributed by atoms with Crippen LogP contribution in [-0.2, 0) is 6.54 Å². The molecule has 0 bridgehead atoms. The van der Waals surface area contributed by atoms with E-state index in [1.54, 1.807) is 12.1 Å². The lowest BCUT2D eigenvalue weighted by Crippen LogP contribution is -2.30. The van der Waals surface area contributed by atoms with Crippen LogP contribution in [0.1, 0.15) is 66.6 Å². The van der Waals surface area contributed by atoms with Crippen molar-refractivity contribution in [3.05, 3.63) is 70.4 Å². The van der Waals surface area contributed by atoms with E-state index < -0.39 is 5.97 Å². The summed E-state index contributed by atoms with van der Waals surface area (Å²) in [5.74, 6) is -1.23. The third-order valence-corrected chi connectivity index (χ3v) is 6.06. The summed E-state index contributed by atoms with van der Waals surface area (Å²) in [6, 6.07) is 14.0. The van der Waals surface area contributed by atoms with Crippen molar-refractivity contribution >= 4 is 34.4 Å². The van der Waals surface area contributed by atoms with Crippen LogP contribution in [0.2, 0.25) is 5.02 Å². The predicted octanol–water partition coefficient (Wildman–Crippen LogP) is 5.92. The van der Waals surface area contributed by atoms with Gasteiger partial charge in [0.15, 0.2) is 0 Å². The van der Waals surface area contributed by atoms with Gasteiger partial charge in [0.1, 0.15) is 5.69 Å². The maximum atomic E-state index is 13.3. The zero-order valence-electron chi connectivity index (χ0n) is 17.7. The highest BCUT2D eigenvalue weighted by molar-refractivity contribution is 6.38.